The van der Waals surface area contributed by atoms with Gasteiger partial charge in [-0.1, -0.05) is 55.2 Å². The van der Waals surface area contributed by atoms with Crippen LogP contribution in [0.25, 0.3) is 11.0 Å². The molecule has 7 heteroatoms. The van der Waals surface area contributed by atoms with E-state index >= 15 is 0 Å². The zero-order chi connectivity index (χ0) is 21.1. The van der Waals surface area contributed by atoms with Crippen molar-refractivity contribution in [1.29, 1.82) is 0 Å². The molecule has 0 saturated carbocycles. The maximum atomic E-state index is 12.9. The molecule has 1 heterocycles. The van der Waals surface area contributed by atoms with E-state index in [1.165, 1.54) is 12.1 Å². The average Bonchev–Trinajstić information content (AvgIpc) is 3.10. The highest BCUT2D eigenvalue weighted by molar-refractivity contribution is 6.36. The first-order chi connectivity index (χ1) is 13.8. The van der Waals surface area contributed by atoms with Crippen LogP contribution in [0.5, 0.6) is 0 Å². The zero-order valence-electron chi connectivity index (χ0n) is 16.3. The molecule has 2 amide bonds. The molecule has 0 aliphatic rings. The van der Waals surface area contributed by atoms with Gasteiger partial charge >= 0.3 is 0 Å². The summed E-state index contributed by atoms with van der Waals surface area (Å²) in [6.07, 6.45) is 0. The van der Waals surface area contributed by atoms with Crippen LogP contribution >= 0.6 is 23.2 Å². The summed E-state index contributed by atoms with van der Waals surface area (Å²) >= 11 is 12.0. The van der Waals surface area contributed by atoms with E-state index in [1.54, 1.807) is 6.07 Å². The number of nitrogens with one attached hydrogen (secondary N) is 2. The highest BCUT2D eigenvalue weighted by atomic mass is 35.5. The second kappa shape index (κ2) is 8.89. The summed E-state index contributed by atoms with van der Waals surface area (Å²) in [4.78, 5) is 25.5. The Morgan fingerprint density at radius 2 is 1.69 bits per heavy atom. The lowest BCUT2D eigenvalue weighted by Gasteiger charge is -2.23. The number of rotatable bonds is 6. The number of halogens is 2. The molecule has 152 valence electrons. The number of carbonyl (C=O) groups excluding carboxylic acids is 2. The van der Waals surface area contributed by atoms with Crippen molar-refractivity contribution in [2.75, 3.05) is 0 Å². The Kier molecular flexibility index (Phi) is 6.50. The van der Waals surface area contributed by atoms with Gasteiger partial charge in [0.15, 0.2) is 0 Å². The van der Waals surface area contributed by atoms with E-state index in [-0.39, 0.29) is 28.5 Å². The van der Waals surface area contributed by atoms with Crippen molar-refractivity contribution in [3.63, 3.8) is 0 Å². The highest BCUT2D eigenvalue weighted by Gasteiger charge is 2.27. The quantitative estimate of drug-likeness (QED) is 0.549. The Morgan fingerprint density at radius 1 is 0.966 bits per heavy atom. The second-order valence-corrected chi connectivity index (χ2v) is 8.08. The van der Waals surface area contributed by atoms with Gasteiger partial charge in [-0.05, 0) is 43.2 Å². The van der Waals surface area contributed by atoms with E-state index in [4.69, 9.17) is 27.6 Å². The van der Waals surface area contributed by atoms with Crippen molar-refractivity contribution in [1.82, 2.24) is 10.6 Å². The predicted octanol–water partition coefficient (Wildman–Crippen LogP) is 5.37. The van der Waals surface area contributed by atoms with E-state index in [2.05, 4.69) is 10.6 Å². The SMILES string of the molecule is CC(C)[C@@H](NC(=O)c1ccc(Cl)cc1Cl)C(=O)N[C@H](C)c1cc2ccccc2o1. The van der Waals surface area contributed by atoms with E-state index in [9.17, 15) is 9.59 Å². The molecule has 2 atom stereocenters. The number of amides is 2. The predicted molar refractivity (Wildman–Crippen MR) is 115 cm³/mol. The summed E-state index contributed by atoms with van der Waals surface area (Å²) in [6, 6.07) is 13.1. The number of fused-ring (bicyclic) bond motifs is 1. The van der Waals surface area contributed by atoms with Gasteiger partial charge in [0.2, 0.25) is 5.91 Å². The molecule has 0 aliphatic carbocycles. The normalized spacial score (nSPS) is 13.3. The third kappa shape index (κ3) is 4.92. The highest BCUT2D eigenvalue weighted by Crippen LogP contribution is 2.24. The van der Waals surface area contributed by atoms with Crippen LogP contribution in [-0.4, -0.2) is 17.9 Å². The fraction of sp³-hybridized carbons (Fsp3) is 0.273. The molecule has 0 spiro atoms. The lowest BCUT2D eigenvalue weighted by molar-refractivity contribution is -0.124. The van der Waals surface area contributed by atoms with Crippen LogP contribution in [0, 0.1) is 5.92 Å². The maximum Gasteiger partial charge on any atom is 0.253 e. The van der Waals surface area contributed by atoms with Gasteiger partial charge in [-0.15, -0.1) is 0 Å². The van der Waals surface area contributed by atoms with E-state index < -0.39 is 11.9 Å². The van der Waals surface area contributed by atoms with Crippen molar-refractivity contribution in [3.8, 4) is 0 Å². The topological polar surface area (TPSA) is 71.3 Å². The van der Waals surface area contributed by atoms with Gasteiger partial charge in [-0.3, -0.25) is 9.59 Å². The summed E-state index contributed by atoms with van der Waals surface area (Å²) in [6.45, 7) is 5.56. The Labute approximate surface area is 179 Å². The molecular weight excluding hydrogens is 411 g/mol. The second-order valence-electron chi connectivity index (χ2n) is 7.24. The van der Waals surface area contributed by atoms with Crippen molar-refractivity contribution in [2.24, 2.45) is 5.92 Å². The van der Waals surface area contributed by atoms with Crippen LogP contribution in [0.3, 0.4) is 0 Å². The first-order valence-corrected chi connectivity index (χ1v) is 10.1. The van der Waals surface area contributed by atoms with E-state index in [1.807, 2.05) is 51.1 Å². The van der Waals surface area contributed by atoms with Crippen LogP contribution in [0.4, 0.5) is 0 Å². The van der Waals surface area contributed by atoms with Crippen LogP contribution < -0.4 is 10.6 Å². The van der Waals surface area contributed by atoms with Gasteiger partial charge in [-0.2, -0.15) is 0 Å². The van der Waals surface area contributed by atoms with Gasteiger partial charge < -0.3 is 15.1 Å². The van der Waals surface area contributed by atoms with Crippen molar-refractivity contribution in [3.05, 3.63) is 69.9 Å². The van der Waals surface area contributed by atoms with Crippen LogP contribution in [0.1, 0.15) is 42.9 Å². The minimum atomic E-state index is -0.735. The minimum Gasteiger partial charge on any atom is -0.459 e. The molecule has 1 aromatic heterocycles. The molecule has 5 nitrogen and oxygen atoms in total. The first kappa shape index (κ1) is 21.2. The molecule has 2 N–H and O–H groups in total. The van der Waals surface area contributed by atoms with Crippen LogP contribution in [0.2, 0.25) is 10.0 Å². The third-order valence-electron chi connectivity index (χ3n) is 4.64. The molecule has 3 aromatic rings. The number of para-hydroxylation sites is 1. The molecule has 0 fully saturated rings. The van der Waals surface area contributed by atoms with E-state index in [0.717, 1.165) is 11.0 Å². The van der Waals surface area contributed by atoms with Crippen molar-refractivity contribution in [2.45, 2.75) is 32.9 Å². The monoisotopic (exact) mass is 432 g/mol. The Hall–Kier alpha value is -2.50. The summed E-state index contributed by atoms with van der Waals surface area (Å²) in [7, 11) is 0. The molecule has 29 heavy (non-hydrogen) atoms. The largest absolute Gasteiger partial charge is 0.459 e. The Bertz CT molecular complexity index is 1010. The molecular formula is C22H22Cl2N2O3. The van der Waals surface area contributed by atoms with Gasteiger partial charge in [0, 0.05) is 10.4 Å². The maximum absolute atomic E-state index is 12.9. The smallest absolute Gasteiger partial charge is 0.253 e. The van der Waals surface area contributed by atoms with Gasteiger partial charge in [-0.25, -0.2) is 0 Å². The van der Waals surface area contributed by atoms with Gasteiger partial charge in [0.25, 0.3) is 5.91 Å². The minimum absolute atomic E-state index is 0.132. The molecule has 0 bridgehead atoms. The lowest BCUT2D eigenvalue weighted by atomic mass is 10.0. The Balaban J connectivity index is 1.72. The fourth-order valence-corrected chi connectivity index (χ4v) is 3.51. The summed E-state index contributed by atoms with van der Waals surface area (Å²) in [5.41, 5.74) is 1.02. The Morgan fingerprint density at radius 3 is 2.34 bits per heavy atom. The molecule has 0 radical (unpaired) electrons. The molecule has 0 saturated heterocycles. The summed E-state index contributed by atoms with van der Waals surface area (Å²) < 4.78 is 5.82. The van der Waals surface area contributed by atoms with Crippen molar-refractivity contribution < 1.29 is 14.0 Å². The van der Waals surface area contributed by atoms with Crippen molar-refractivity contribution >= 4 is 46.0 Å². The van der Waals surface area contributed by atoms with Gasteiger partial charge in [0.05, 0.1) is 16.6 Å². The standard InChI is InChI=1S/C22H22Cl2N2O3/c1-12(2)20(26-21(27)16-9-8-15(23)11-17(16)24)22(28)25-13(3)19-10-14-6-4-5-7-18(14)29-19/h4-13,20H,1-3H3,(H,25,28)(H,26,27)/t13-,20-/m1/s1. The zero-order valence-corrected chi connectivity index (χ0v) is 17.8. The number of carbonyl (C=O) groups is 2. The molecule has 0 aliphatic heterocycles. The van der Waals surface area contributed by atoms with Crippen LogP contribution in [0.15, 0.2) is 52.9 Å². The number of furan rings is 1. The average molecular weight is 433 g/mol. The summed E-state index contributed by atoms with van der Waals surface area (Å²) in [5, 5.41) is 7.32. The van der Waals surface area contributed by atoms with Gasteiger partial charge in [0.1, 0.15) is 17.4 Å². The fourth-order valence-electron chi connectivity index (χ4n) is 3.02. The third-order valence-corrected chi connectivity index (χ3v) is 5.19. The molecule has 0 unspecified atom stereocenters. The summed E-state index contributed by atoms with van der Waals surface area (Å²) in [5.74, 6) is -0.217. The molecule has 2 aromatic carbocycles. The number of hydrogen-bond donors (Lipinski definition) is 2. The van der Waals surface area contributed by atoms with Crippen LogP contribution in [-0.2, 0) is 4.79 Å². The first-order valence-electron chi connectivity index (χ1n) is 9.31. The number of benzene rings is 2. The number of hydrogen-bond acceptors (Lipinski definition) is 3. The lowest BCUT2D eigenvalue weighted by Crippen LogP contribution is -2.50. The molecule has 3 rings (SSSR count). The van der Waals surface area contributed by atoms with E-state index in [0.29, 0.717) is 10.8 Å².